The molecule has 2 aromatic heterocycles. The van der Waals surface area contributed by atoms with Gasteiger partial charge >= 0.3 is 0 Å². The molecule has 0 aliphatic carbocycles. The van der Waals surface area contributed by atoms with Crippen LogP contribution in [0.15, 0.2) is 206 Å². The van der Waals surface area contributed by atoms with Crippen molar-refractivity contribution in [3.8, 4) is 56.4 Å². The van der Waals surface area contributed by atoms with Crippen LogP contribution in [-0.2, 0) is 0 Å². The van der Waals surface area contributed by atoms with Gasteiger partial charge in [0.1, 0.15) is 0 Å². The van der Waals surface area contributed by atoms with Gasteiger partial charge in [0.05, 0.1) is 5.52 Å². The normalized spacial score (nSPS) is 11.7. The van der Waals surface area contributed by atoms with Crippen LogP contribution in [0.5, 0.6) is 0 Å². The molecular weight excluding hydrogens is 729 g/mol. The van der Waals surface area contributed by atoms with Gasteiger partial charge in [-0.15, -0.1) is 0 Å². The van der Waals surface area contributed by atoms with Crippen LogP contribution in [-0.4, -0.2) is 19.9 Å². The van der Waals surface area contributed by atoms with Crippen molar-refractivity contribution in [3.63, 3.8) is 0 Å². The van der Waals surface area contributed by atoms with E-state index in [1.807, 2.05) is 30.5 Å². The second-order valence-corrected chi connectivity index (χ2v) is 15.4. The van der Waals surface area contributed by atoms with Crippen molar-refractivity contribution in [3.05, 3.63) is 206 Å². The Bertz CT molecular complexity index is 3480. The highest BCUT2D eigenvalue weighted by molar-refractivity contribution is 6.16. The summed E-state index contributed by atoms with van der Waals surface area (Å²) in [5, 5.41) is 12.8. The summed E-state index contributed by atoms with van der Waals surface area (Å²) in [5.74, 6) is 1.81. The summed E-state index contributed by atoms with van der Waals surface area (Å²) < 4.78 is 0. The fourth-order valence-electron chi connectivity index (χ4n) is 9.11. The summed E-state index contributed by atoms with van der Waals surface area (Å²) in [6.45, 7) is 0. The summed E-state index contributed by atoms with van der Waals surface area (Å²) in [6, 6.07) is 71.2. The summed E-state index contributed by atoms with van der Waals surface area (Å²) in [5.41, 5.74) is 8.14. The van der Waals surface area contributed by atoms with Gasteiger partial charge in [0.2, 0.25) is 0 Å². The molecule has 0 atom stereocenters. The fourth-order valence-corrected chi connectivity index (χ4v) is 9.11. The van der Waals surface area contributed by atoms with E-state index in [0.29, 0.717) is 17.5 Å². The summed E-state index contributed by atoms with van der Waals surface area (Å²) in [6.07, 6.45) is 1.84. The highest BCUT2D eigenvalue weighted by atomic mass is 15.0. The summed E-state index contributed by atoms with van der Waals surface area (Å²) in [7, 11) is 0. The van der Waals surface area contributed by atoms with Crippen molar-refractivity contribution in [1.82, 2.24) is 19.9 Å². The molecule has 10 aromatic carbocycles. The average molecular weight is 763 g/mol. The average Bonchev–Trinajstić information content (AvgIpc) is 3.32. The Hall–Kier alpha value is -8.08. The molecule has 0 aliphatic heterocycles. The number of hydrogen-bond donors (Lipinski definition) is 0. The molecule has 12 aromatic rings. The van der Waals surface area contributed by atoms with Gasteiger partial charge in [-0.3, -0.25) is 4.98 Å². The van der Waals surface area contributed by atoms with Crippen molar-refractivity contribution in [2.24, 2.45) is 0 Å². The highest BCUT2D eigenvalue weighted by Crippen LogP contribution is 2.42. The number of aromatic nitrogens is 4. The Labute approximate surface area is 346 Å². The highest BCUT2D eigenvalue weighted by Gasteiger charge is 2.20. The molecule has 278 valence electrons. The summed E-state index contributed by atoms with van der Waals surface area (Å²) in [4.78, 5) is 20.8. The number of benzene rings is 10. The maximum atomic E-state index is 5.44. The smallest absolute Gasteiger partial charge is 0.165 e. The first-order valence-electron chi connectivity index (χ1n) is 20.3. The lowest BCUT2D eigenvalue weighted by molar-refractivity contribution is 1.08. The van der Waals surface area contributed by atoms with Crippen molar-refractivity contribution in [1.29, 1.82) is 0 Å². The second kappa shape index (κ2) is 13.8. The first-order valence-corrected chi connectivity index (χ1v) is 20.3. The summed E-state index contributed by atoms with van der Waals surface area (Å²) >= 11 is 0. The number of pyridine rings is 1. The van der Waals surface area contributed by atoms with Crippen LogP contribution in [0.3, 0.4) is 0 Å². The molecule has 4 nitrogen and oxygen atoms in total. The molecule has 0 amide bonds. The lowest BCUT2D eigenvalue weighted by Gasteiger charge is -2.17. The molecule has 0 unspecified atom stereocenters. The second-order valence-electron chi connectivity index (χ2n) is 15.4. The molecule has 0 saturated heterocycles. The lowest BCUT2D eigenvalue weighted by Crippen LogP contribution is -2.02. The van der Waals surface area contributed by atoms with Gasteiger partial charge < -0.3 is 0 Å². The molecule has 0 bridgehead atoms. The molecule has 0 radical (unpaired) electrons. The van der Waals surface area contributed by atoms with E-state index >= 15 is 0 Å². The predicted octanol–water partition coefficient (Wildman–Crippen LogP) is 14.5. The van der Waals surface area contributed by atoms with E-state index in [1.54, 1.807) is 0 Å². The zero-order chi connectivity index (χ0) is 39.6. The van der Waals surface area contributed by atoms with Crippen LogP contribution in [0.1, 0.15) is 0 Å². The third kappa shape index (κ3) is 5.61. The van der Waals surface area contributed by atoms with Crippen LogP contribution >= 0.6 is 0 Å². The zero-order valence-electron chi connectivity index (χ0n) is 32.4. The molecular formula is C56H34N4. The Morgan fingerprint density at radius 3 is 1.30 bits per heavy atom. The first-order chi connectivity index (χ1) is 29.7. The molecule has 0 N–H and O–H groups in total. The quantitative estimate of drug-likeness (QED) is 0.129. The van der Waals surface area contributed by atoms with E-state index < -0.39 is 0 Å². The third-order valence-electron chi connectivity index (χ3n) is 11.9. The van der Waals surface area contributed by atoms with Crippen molar-refractivity contribution >= 4 is 64.8 Å². The van der Waals surface area contributed by atoms with Crippen LogP contribution in [0.25, 0.3) is 121 Å². The first kappa shape index (κ1) is 34.0. The standard InChI is InChI=1S/C56H34N4/c1-2-15-35(16-3-1)54-58-55(60-56(59-54)53-44-22-9-6-19-38(44)34-52-49(53)27-14-28-57-52)41-30-39(50-32-36-17-4-7-20-42(36)45-23-10-12-25-47(45)50)29-40(31-41)51-33-37-18-5-8-21-43(37)46-24-11-13-26-48(46)51/h1-34H. The molecule has 0 aliphatic rings. The van der Waals surface area contributed by atoms with Crippen molar-refractivity contribution in [2.45, 2.75) is 0 Å². The van der Waals surface area contributed by atoms with Gasteiger partial charge in [0.15, 0.2) is 17.5 Å². The van der Waals surface area contributed by atoms with E-state index in [9.17, 15) is 0 Å². The predicted molar refractivity (Wildman–Crippen MR) is 250 cm³/mol. The van der Waals surface area contributed by atoms with Crippen LogP contribution in [0, 0.1) is 0 Å². The van der Waals surface area contributed by atoms with Crippen LogP contribution < -0.4 is 0 Å². The lowest BCUT2D eigenvalue weighted by atomic mass is 9.88. The SMILES string of the molecule is c1ccc(-c2nc(-c3cc(-c4cc5ccccc5c5ccccc45)cc(-c4cc5ccccc5c5ccccc45)c3)nc(-c3c4ccccc4cc4ncccc34)n2)cc1. The number of rotatable bonds is 5. The van der Waals surface area contributed by atoms with Gasteiger partial charge in [-0.05, 0) is 119 Å². The Morgan fingerprint density at radius 1 is 0.267 bits per heavy atom. The molecule has 0 spiro atoms. The van der Waals surface area contributed by atoms with Gasteiger partial charge in [-0.1, -0.05) is 158 Å². The zero-order valence-corrected chi connectivity index (χ0v) is 32.4. The molecule has 0 fully saturated rings. The van der Waals surface area contributed by atoms with E-state index in [2.05, 4.69) is 176 Å². The number of hydrogen-bond acceptors (Lipinski definition) is 4. The fraction of sp³-hybridized carbons (Fsp3) is 0. The van der Waals surface area contributed by atoms with Gasteiger partial charge in [0.25, 0.3) is 0 Å². The van der Waals surface area contributed by atoms with Gasteiger partial charge in [-0.2, -0.15) is 0 Å². The third-order valence-corrected chi connectivity index (χ3v) is 11.9. The van der Waals surface area contributed by atoms with Crippen LogP contribution in [0.4, 0.5) is 0 Å². The Kier molecular flexibility index (Phi) is 7.82. The topological polar surface area (TPSA) is 51.6 Å². The van der Waals surface area contributed by atoms with E-state index in [1.165, 1.54) is 43.1 Å². The molecule has 12 rings (SSSR count). The molecule has 4 heteroatoms. The van der Waals surface area contributed by atoms with Crippen molar-refractivity contribution in [2.75, 3.05) is 0 Å². The van der Waals surface area contributed by atoms with Gasteiger partial charge in [-0.25, -0.2) is 15.0 Å². The Morgan fingerprint density at radius 2 is 0.700 bits per heavy atom. The van der Waals surface area contributed by atoms with Crippen LogP contribution in [0.2, 0.25) is 0 Å². The maximum absolute atomic E-state index is 5.44. The minimum Gasteiger partial charge on any atom is -0.256 e. The monoisotopic (exact) mass is 762 g/mol. The van der Waals surface area contributed by atoms with E-state index in [4.69, 9.17) is 19.9 Å². The molecule has 60 heavy (non-hydrogen) atoms. The number of fused-ring (bicyclic) bond motifs is 8. The Balaban J connectivity index is 1.19. The molecule has 0 saturated carbocycles. The minimum absolute atomic E-state index is 0.599. The maximum Gasteiger partial charge on any atom is 0.165 e. The molecule has 2 heterocycles. The largest absolute Gasteiger partial charge is 0.256 e. The number of nitrogens with zero attached hydrogens (tertiary/aromatic N) is 4. The van der Waals surface area contributed by atoms with Crippen molar-refractivity contribution < 1.29 is 0 Å². The minimum atomic E-state index is 0.599. The van der Waals surface area contributed by atoms with E-state index in [0.717, 1.165) is 60.6 Å². The van der Waals surface area contributed by atoms with E-state index in [-0.39, 0.29) is 0 Å². The van der Waals surface area contributed by atoms with Gasteiger partial charge in [0, 0.05) is 28.3 Å².